The van der Waals surface area contributed by atoms with Crippen molar-refractivity contribution in [2.24, 2.45) is 0 Å². The van der Waals surface area contributed by atoms with Gasteiger partial charge in [-0.2, -0.15) is 5.10 Å². The van der Waals surface area contributed by atoms with Crippen LogP contribution in [0.15, 0.2) is 60.0 Å². The Morgan fingerprint density at radius 2 is 1.88 bits per heavy atom. The number of hydrogen-bond donors (Lipinski definition) is 1. The highest BCUT2D eigenvalue weighted by Gasteiger charge is 2.13. The average Bonchev–Trinajstić information content (AvgIpc) is 2.97. The van der Waals surface area contributed by atoms with Crippen LogP contribution in [0.4, 0.5) is 0 Å². The molecule has 3 aromatic heterocycles. The highest BCUT2D eigenvalue weighted by atomic mass is 32.2. The lowest BCUT2D eigenvalue weighted by Gasteiger charge is -2.07. The lowest BCUT2D eigenvalue weighted by molar-refractivity contribution is 0.556. The predicted molar refractivity (Wildman–Crippen MR) is 89.6 cm³/mol. The molecule has 0 unspecified atom stereocenters. The Hall–Kier alpha value is -2.58. The van der Waals surface area contributed by atoms with Crippen molar-refractivity contribution in [2.45, 2.75) is 18.4 Å². The van der Waals surface area contributed by atoms with Crippen LogP contribution in [0.3, 0.4) is 0 Å². The molecule has 8 heteroatoms. The van der Waals surface area contributed by atoms with Gasteiger partial charge in [0.25, 0.3) is 0 Å². The van der Waals surface area contributed by atoms with Crippen LogP contribution < -0.4 is 4.72 Å². The van der Waals surface area contributed by atoms with E-state index in [2.05, 4.69) is 19.8 Å². The Labute approximate surface area is 140 Å². The molecule has 0 spiro atoms. The summed E-state index contributed by atoms with van der Waals surface area (Å²) in [5.41, 5.74) is 2.69. The van der Waals surface area contributed by atoms with Gasteiger partial charge in [-0.25, -0.2) is 13.1 Å². The maximum atomic E-state index is 12.1. The van der Waals surface area contributed by atoms with Crippen LogP contribution in [-0.2, 0) is 16.6 Å². The number of rotatable bonds is 6. The third-order valence-electron chi connectivity index (χ3n) is 3.50. The predicted octanol–water partition coefficient (Wildman–Crippen LogP) is 1.63. The first-order valence-electron chi connectivity index (χ1n) is 7.41. The number of sulfonamides is 1. The fraction of sp³-hybridized carbons (Fsp3) is 0.188. The molecule has 24 heavy (non-hydrogen) atoms. The standard InChI is InChI=1S/C16H17N5O2S/c1-13-10-16(14-4-2-6-17-11-14)20-21(13)9-8-19-24(22,23)15-5-3-7-18-12-15/h2-7,10-12,19H,8-9H2,1H3. The smallest absolute Gasteiger partial charge is 0.242 e. The van der Waals surface area contributed by atoms with Gasteiger partial charge in [0.15, 0.2) is 0 Å². The zero-order valence-corrected chi connectivity index (χ0v) is 13.9. The fourth-order valence-corrected chi connectivity index (χ4v) is 3.25. The van der Waals surface area contributed by atoms with E-state index in [-0.39, 0.29) is 11.4 Å². The van der Waals surface area contributed by atoms with Crippen molar-refractivity contribution in [3.63, 3.8) is 0 Å². The molecule has 0 saturated carbocycles. The van der Waals surface area contributed by atoms with Crippen molar-refractivity contribution in [1.82, 2.24) is 24.5 Å². The van der Waals surface area contributed by atoms with Crippen molar-refractivity contribution in [1.29, 1.82) is 0 Å². The van der Waals surface area contributed by atoms with Crippen molar-refractivity contribution in [3.8, 4) is 11.3 Å². The van der Waals surface area contributed by atoms with E-state index in [4.69, 9.17) is 0 Å². The first-order chi connectivity index (χ1) is 11.6. The first-order valence-corrected chi connectivity index (χ1v) is 8.89. The van der Waals surface area contributed by atoms with E-state index in [0.29, 0.717) is 6.54 Å². The van der Waals surface area contributed by atoms with Gasteiger partial charge in [-0.15, -0.1) is 0 Å². The number of nitrogens with zero attached hydrogens (tertiary/aromatic N) is 4. The summed E-state index contributed by atoms with van der Waals surface area (Å²) in [5.74, 6) is 0. The van der Waals surface area contributed by atoms with Crippen molar-refractivity contribution < 1.29 is 8.42 Å². The average molecular weight is 343 g/mol. The molecule has 0 amide bonds. The molecule has 0 atom stereocenters. The Morgan fingerprint density at radius 3 is 2.54 bits per heavy atom. The summed E-state index contributed by atoms with van der Waals surface area (Å²) in [6.45, 7) is 2.61. The third-order valence-corrected chi connectivity index (χ3v) is 4.95. The molecular weight excluding hydrogens is 326 g/mol. The largest absolute Gasteiger partial charge is 0.268 e. The van der Waals surface area contributed by atoms with Gasteiger partial charge in [0.2, 0.25) is 10.0 Å². The van der Waals surface area contributed by atoms with Crippen LogP contribution in [0, 0.1) is 6.92 Å². The van der Waals surface area contributed by atoms with E-state index in [1.165, 1.54) is 18.5 Å². The molecular formula is C16H17N5O2S. The van der Waals surface area contributed by atoms with Gasteiger partial charge < -0.3 is 0 Å². The van der Waals surface area contributed by atoms with Crippen molar-refractivity contribution in [2.75, 3.05) is 6.54 Å². The number of aromatic nitrogens is 4. The number of aryl methyl sites for hydroxylation is 1. The third kappa shape index (κ3) is 3.66. The monoisotopic (exact) mass is 343 g/mol. The van der Waals surface area contributed by atoms with Crippen molar-refractivity contribution >= 4 is 10.0 Å². The summed E-state index contributed by atoms with van der Waals surface area (Å²) >= 11 is 0. The molecule has 0 fully saturated rings. The molecule has 124 valence electrons. The first kappa shape index (κ1) is 16.3. The Balaban J connectivity index is 1.67. The molecule has 0 aliphatic carbocycles. The minimum Gasteiger partial charge on any atom is -0.268 e. The zero-order chi connectivity index (χ0) is 17.0. The Morgan fingerprint density at radius 1 is 1.12 bits per heavy atom. The van der Waals surface area contributed by atoms with Gasteiger partial charge >= 0.3 is 0 Å². The molecule has 7 nitrogen and oxygen atoms in total. The van der Waals surface area contributed by atoms with Crippen molar-refractivity contribution in [3.05, 3.63) is 60.8 Å². The van der Waals surface area contributed by atoms with E-state index >= 15 is 0 Å². The molecule has 1 N–H and O–H groups in total. The molecule has 0 radical (unpaired) electrons. The van der Waals surface area contributed by atoms with Crippen LogP contribution >= 0.6 is 0 Å². The number of nitrogens with one attached hydrogen (secondary N) is 1. The van der Waals surface area contributed by atoms with E-state index in [0.717, 1.165) is 17.0 Å². The number of hydrogen-bond acceptors (Lipinski definition) is 5. The summed E-state index contributed by atoms with van der Waals surface area (Å²) in [4.78, 5) is 8.06. The highest BCUT2D eigenvalue weighted by molar-refractivity contribution is 7.89. The number of pyridine rings is 2. The van der Waals surface area contributed by atoms with E-state index in [9.17, 15) is 8.42 Å². The minimum absolute atomic E-state index is 0.151. The van der Waals surface area contributed by atoms with Crippen LogP contribution in [0.25, 0.3) is 11.3 Å². The minimum atomic E-state index is -3.55. The maximum absolute atomic E-state index is 12.1. The second-order valence-corrected chi connectivity index (χ2v) is 6.99. The maximum Gasteiger partial charge on any atom is 0.242 e. The highest BCUT2D eigenvalue weighted by Crippen LogP contribution is 2.17. The summed E-state index contributed by atoms with van der Waals surface area (Å²) in [6.07, 6.45) is 6.31. The van der Waals surface area contributed by atoms with Gasteiger partial charge in [0.1, 0.15) is 4.90 Å². The van der Waals surface area contributed by atoms with Crippen LogP contribution in [0.5, 0.6) is 0 Å². The lowest BCUT2D eigenvalue weighted by Crippen LogP contribution is -2.28. The molecule has 0 saturated heterocycles. The molecule has 0 aliphatic rings. The van der Waals surface area contributed by atoms with Gasteiger partial charge in [0.05, 0.1) is 12.2 Å². The SMILES string of the molecule is Cc1cc(-c2cccnc2)nn1CCNS(=O)(=O)c1cccnc1. The summed E-state index contributed by atoms with van der Waals surface area (Å²) in [6, 6.07) is 8.84. The molecule has 0 aromatic carbocycles. The second-order valence-electron chi connectivity index (χ2n) is 5.22. The second kappa shape index (κ2) is 6.90. The quantitative estimate of drug-likeness (QED) is 0.735. The molecule has 3 heterocycles. The van der Waals surface area contributed by atoms with Gasteiger partial charge in [0, 0.05) is 42.6 Å². The summed E-state index contributed by atoms with van der Waals surface area (Å²) in [5, 5.41) is 4.50. The Kier molecular flexibility index (Phi) is 4.68. The van der Waals surface area contributed by atoms with E-state index < -0.39 is 10.0 Å². The topological polar surface area (TPSA) is 89.8 Å². The normalized spacial score (nSPS) is 11.5. The van der Waals surface area contributed by atoms with Crippen LogP contribution in [-0.4, -0.2) is 34.7 Å². The zero-order valence-electron chi connectivity index (χ0n) is 13.1. The van der Waals surface area contributed by atoms with E-state index in [1.807, 2.05) is 25.1 Å². The van der Waals surface area contributed by atoms with Crippen LogP contribution in [0.1, 0.15) is 5.69 Å². The molecule has 3 aromatic rings. The van der Waals surface area contributed by atoms with Gasteiger partial charge in [-0.1, -0.05) is 0 Å². The van der Waals surface area contributed by atoms with Gasteiger partial charge in [-0.05, 0) is 37.3 Å². The molecule has 0 bridgehead atoms. The van der Waals surface area contributed by atoms with Crippen LogP contribution in [0.2, 0.25) is 0 Å². The van der Waals surface area contributed by atoms with Gasteiger partial charge in [-0.3, -0.25) is 14.6 Å². The summed E-state index contributed by atoms with van der Waals surface area (Å²) in [7, 11) is -3.55. The van der Waals surface area contributed by atoms with E-state index in [1.54, 1.807) is 23.1 Å². The molecule has 3 rings (SSSR count). The summed E-state index contributed by atoms with van der Waals surface area (Å²) < 4.78 is 28.6. The fourth-order valence-electron chi connectivity index (χ4n) is 2.27. The Bertz CT molecular complexity index is 908. The molecule has 0 aliphatic heterocycles. The lowest BCUT2D eigenvalue weighted by atomic mass is 10.2.